The summed E-state index contributed by atoms with van der Waals surface area (Å²) in [7, 11) is 0. The predicted octanol–water partition coefficient (Wildman–Crippen LogP) is 3.01. The molecule has 0 unspecified atom stereocenters. The zero-order valence-electron chi connectivity index (χ0n) is 10.6. The number of fused-ring (bicyclic) bond motifs is 1. The molecule has 3 heteroatoms. The molecular weight excluding hydrogens is 212 g/mol. The number of unbranched alkanes of at least 4 members (excludes halogenated alkanes) is 2. The highest BCUT2D eigenvalue weighted by Crippen LogP contribution is 2.13. The Kier molecular flexibility index (Phi) is 3.67. The minimum absolute atomic E-state index is 0.129. The molecule has 0 saturated heterocycles. The lowest BCUT2D eigenvalue weighted by atomic mass is 10.2. The summed E-state index contributed by atoms with van der Waals surface area (Å²) >= 11 is 0. The number of aromatic nitrogens is 2. The van der Waals surface area contributed by atoms with Crippen LogP contribution in [0.4, 0.5) is 0 Å². The van der Waals surface area contributed by atoms with Gasteiger partial charge in [0.05, 0.1) is 11.0 Å². The number of hydrogen-bond donors (Lipinski definition) is 0. The second-order valence-electron chi connectivity index (χ2n) is 4.37. The van der Waals surface area contributed by atoms with Crippen LogP contribution in [-0.4, -0.2) is 9.13 Å². The Labute approximate surface area is 102 Å². The van der Waals surface area contributed by atoms with Crippen molar-refractivity contribution >= 4 is 11.0 Å². The van der Waals surface area contributed by atoms with Crippen molar-refractivity contribution in [1.82, 2.24) is 9.13 Å². The van der Waals surface area contributed by atoms with Crippen LogP contribution in [0, 0.1) is 0 Å². The van der Waals surface area contributed by atoms with Crippen LogP contribution in [0.2, 0.25) is 0 Å². The van der Waals surface area contributed by atoms with Crippen LogP contribution in [0.3, 0.4) is 0 Å². The van der Waals surface area contributed by atoms with Crippen molar-refractivity contribution in [2.24, 2.45) is 0 Å². The van der Waals surface area contributed by atoms with Crippen molar-refractivity contribution in [3.05, 3.63) is 34.7 Å². The Hall–Kier alpha value is -1.51. The minimum atomic E-state index is 0.129. The molecule has 1 aromatic heterocycles. The summed E-state index contributed by atoms with van der Waals surface area (Å²) in [5.41, 5.74) is 2.25. The van der Waals surface area contributed by atoms with E-state index in [0.29, 0.717) is 0 Å². The third kappa shape index (κ3) is 2.14. The number of hydrogen-bond acceptors (Lipinski definition) is 1. The fraction of sp³-hybridized carbons (Fsp3) is 0.500. The Bertz CT molecular complexity index is 551. The highest BCUT2D eigenvalue weighted by Gasteiger charge is 2.10. The lowest BCUT2D eigenvalue weighted by Gasteiger charge is -2.01. The molecule has 1 heterocycles. The van der Waals surface area contributed by atoms with Crippen LogP contribution in [0.5, 0.6) is 0 Å². The molecule has 0 radical (unpaired) electrons. The van der Waals surface area contributed by atoms with Gasteiger partial charge in [-0.25, -0.2) is 4.79 Å². The average Bonchev–Trinajstić information content (AvgIpc) is 2.62. The summed E-state index contributed by atoms with van der Waals surface area (Å²) in [6.45, 7) is 5.77. The Balaban J connectivity index is 2.47. The largest absolute Gasteiger partial charge is 0.329 e. The first-order chi connectivity index (χ1) is 8.29. The number of benzene rings is 1. The smallest absolute Gasteiger partial charge is 0.292 e. The molecule has 0 fully saturated rings. The Morgan fingerprint density at radius 1 is 1.00 bits per heavy atom. The van der Waals surface area contributed by atoms with Gasteiger partial charge >= 0.3 is 5.69 Å². The summed E-state index contributed by atoms with van der Waals surface area (Å²) in [6, 6.07) is 8.05. The maximum atomic E-state index is 12.2. The molecule has 0 aliphatic rings. The number of imidazole rings is 1. The van der Waals surface area contributed by atoms with Crippen LogP contribution in [-0.2, 0) is 13.1 Å². The molecule has 0 saturated carbocycles. The van der Waals surface area contributed by atoms with E-state index in [-0.39, 0.29) is 5.69 Å². The first kappa shape index (κ1) is 12.0. The van der Waals surface area contributed by atoms with E-state index in [2.05, 4.69) is 6.92 Å². The van der Waals surface area contributed by atoms with Gasteiger partial charge in [-0.15, -0.1) is 0 Å². The molecule has 92 valence electrons. The van der Waals surface area contributed by atoms with E-state index in [4.69, 9.17) is 0 Å². The van der Waals surface area contributed by atoms with Crippen LogP contribution >= 0.6 is 0 Å². The number of aryl methyl sites for hydroxylation is 2. The summed E-state index contributed by atoms with van der Waals surface area (Å²) in [4.78, 5) is 12.2. The second-order valence-corrected chi connectivity index (χ2v) is 4.37. The Morgan fingerprint density at radius 2 is 1.65 bits per heavy atom. The third-order valence-electron chi connectivity index (χ3n) is 3.23. The van der Waals surface area contributed by atoms with Gasteiger partial charge in [0, 0.05) is 13.1 Å². The van der Waals surface area contributed by atoms with Gasteiger partial charge < -0.3 is 0 Å². The molecule has 0 aliphatic heterocycles. The van der Waals surface area contributed by atoms with Crippen molar-refractivity contribution in [2.75, 3.05) is 0 Å². The van der Waals surface area contributed by atoms with Crippen LogP contribution in [0.15, 0.2) is 29.1 Å². The standard InChI is InChI=1S/C14H20N2O/c1-3-5-8-11-16-13-10-7-6-9-12(13)15(4-2)14(16)17/h6-7,9-10H,3-5,8,11H2,1-2H3. The Morgan fingerprint density at radius 3 is 2.24 bits per heavy atom. The molecule has 0 amide bonds. The fourth-order valence-corrected chi connectivity index (χ4v) is 2.31. The third-order valence-corrected chi connectivity index (χ3v) is 3.23. The zero-order valence-corrected chi connectivity index (χ0v) is 10.6. The topological polar surface area (TPSA) is 26.9 Å². The van der Waals surface area contributed by atoms with Crippen molar-refractivity contribution in [2.45, 2.75) is 46.2 Å². The highest BCUT2D eigenvalue weighted by molar-refractivity contribution is 5.75. The first-order valence-corrected chi connectivity index (χ1v) is 6.47. The molecule has 1 aromatic carbocycles. The molecule has 0 aliphatic carbocycles. The maximum Gasteiger partial charge on any atom is 0.329 e. The van der Waals surface area contributed by atoms with Crippen LogP contribution in [0.25, 0.3) is 11.0 Å². The van der Waals surface area contributed by atoms with E-state index in [9.17, 15) is 4.79 Å². The van der Waals surface area contributed by atoms with Gasteiger partial charge in [0.1, 0.15) is 0 Å². The number of para-hydroxylation sites is 2. The molecule has 0 atom stereocenters. The van der Waals surface area contributed by atoms with Gasteiger partial charge in [-0.05, 0) is 25.5 Å². The molecule has 3 nitrogen and oxygen atoms in total. The molecule has 2 rings (SSSR count). The second kappa shape index (κ2) is 5.21. The van der Waals surface area contributed by atoms with E-state index in [1.54, 1.807) is 0 Å². The first-order valence-electron chi connectivity index (χ1n) is 6.47. The van der Waals surface area contributed by atoms with Gasteiger partial charge in [-0.2, -0.15) is 0 Å². The zero-order chi connectivity index (χ0) is 12.3. The van der Waals surface area contributed by atoms with Crippen molar-refractivity contribution < 1.29 is 0 Å². The van der Waals surface area contributed by atoms with E-state index in [1.165, 1.54) is 12.8 Å². The van der Waals surface area contributed by atoms with Crippen molar-refractivity contribution in [3.8, 4) is 0 Å². The summed E-state index contributed by atoms with van der Waals surface area (Å²) in [5, 5.41) is 0. The molecule has 0 spiro atoms. The molecule has 2 aromatic rings. The highest BCUT2D eigenvalue weighted by atomic mass is 16.1. The SMILES string of the molecule is CCCCCn1c(=O)n(CC)c2ccccc21. The van der Waals surface area contributed by atoms with Gasteiger partial charge in [-0.3, -0.25) is 9.13 Å². The molecule has 0 N–H and O–H groups in total. The maximum absolute atomic E-state index is 12.2. The van der Waals surface area contributed by atoms with E-state index >= 15 is 0 Å². The minimum Gasteiger partial charge on any atom is -0.292 e. The predicted molar refractivity (Wildman–Crippen MR) is 71.4 cm³/mol. The van der Waals surface area contributed by atoms with E-state index < -0.39 is 0 Å². The van der Waals surface area contributed by atoms with Gasteiger partial charge in [-0.1, -0.05) is 31.9 Å². The molecule has 0 bridgehead atoms. The van der Waals surface area contributed by atoms with Gasteiger partial charge in [0.2, 0.25) is 0 Å². The monoisotopic (exact) mass is 232 g/mol. The van der Waals surface area contributed by atoms with Gasteiger partial charge in [0.15, 0.2) is 0 Å². The van der Waals surface area contributed by atoms with E-state index in [1.807, 2.05) is 40.3 Å². The summed E-state index contributed by atoms with van der Waals surface area (Å²) in [6.07, 6.45) is 3.44. The van der Waals surface area contributed by atoms with Crippen molar-refractivity contribution in [3.63, 3.8) is 0 Å². The fourth-order valence-electron chi connectivity index (χ4n) is 2.31. The summed E-state index contributed by atoms with van der Waals surface area (Å²) < 4.78 is 3.76. The van der Waals surface area contributed by atoms with Crippen LogP contribution < -0.4 is 5.69 Å². The van der Waals surface area contributed by atoms with Crippen molar-refractivity contribution in [1.29, 1.82) is 0 Å². The number of rotatable bonds is 5. The summed E-state index contributed by atoms with van der Waals surface area (Å²) in [5.74, 6) is 0. The van der Waals surface area contributed by atoms with Gasteiger partial charge in [0.25, 0.3) is 0 Å². The molecular formula is C14H20N2O. The quantitative estimate of drug-likeness (QED) is 0.728. The normalized spacial score (nSPS) is 11.2. The average molecular weight is 232 g/mol. The lowest BCUT2D eigenvalue weighted by molar-refractivity contribution is 0.581. The molecule has 17 heavy (non-hydrogen) atoms. The lowest BCUT2D eigenvalue weighted by Crippen LogP contribution is -2.23. The van der Waals surface area contributed by atoms with E-state index in [0.717, 1.165) is 30.5 Å². The van der Waals surface area contributed by atoms with Crippen LogP contribution in [0.1, 0.15) is 33.1 Å². The number of nitrogens with zero attached hydrogens (tertiary/aromatic N) is 2.